The Balaban J connectivity index is 1.30. The quantitative estimate of drug-likeness (QED) is 0.606. The van der Waals surface area contributed by atoms with Crippen LogP contribution in [-0.4, -0.2) is 48.5 Å². The first-order chi connectivity index (χ1) is 15.2. The predicted molar refractivity (Wildman–Crippen MR) is 125 cm³/mol. The average Bonchev–Trinajstić information content (AvgIpc) is 2.83. The van der Waals surface area contributed by atoms with Crippen LogP contribution >= 0.6 is 11.6 Å². The number of nitrogens with one attached hydrogen (secondary N) is 1. The fourth-order valence-corrected chi connectivity index (χ4v) is 4.01. The van der Waals surface area contributed by atoms with Crippen LogP contribution in [0.25, 0.3) is 0 Å². The Morgan fingerprint density at radius 1 is 0.903 bits per heavy atom. The van der Waals surface area contributed by atoms with Crippen LogP contribution in [0.4, 0.5) is 5.82 Å². The maximum atomic E-state index is 12.8. The third-order valence-electron chi connectivity index (χ3n) is 5.63. The highest BCUT2D eigenvalue weighted by Crippen LogP contribution is 2.22. The van der Waals surface area contributed by atoms with Gasteiger partial charge in [-0.2, -0.15) is 0 Å². The largest absolute Gasteiger partial charge is 0.354 e. The predicted octanol–water partition coefficient (Wildman–Crippen LogP) is 4.15. The third-order valence-corrected chi connectivity index (χ3v) is 5.86. The van der Waals surface area contributed by atoms with Crippen molar-refractivity contribution in [1.82, 2.24) is 15.2 Å². The van der Waals surface area contributed by atoms with Crippen LogP contribution in [-0.2, 0) is 4.79 Å². The van der Waals surface area contributed by atoms with Crippen molar-refractivity contribution in [3.05, 3.63) is 95.1 Å². The lowest BCUT2D eigenvalue weighted by molar-refractivity contribution is -0.121. The Bertz CT molecular complexity index is 918. The summed E-state index contributed by atoms with van der Waals surface area (Å²) in [6.07, 6.45) is 2.17. The molecular formula is C25H27ClN4O. The minimum atomic E-state index is -0.136. The highest BCUT2D eigenvalue weighted by Gasteiger charge is 2.20. The highest BCUT2D eigenvalue weighted by atomic mass is 35.5. The van der Waals surface area contributed by atoms with E-state index in [9.17, 15) is 4.79 Å². The lowest BCUT2D eigenvalue weighted by atomic mass is 9.98. The van der Waals surface area contributed by atoms with Gasteiger partial charge in [-0.05, 0) is 23.3 Å². The van der Waals surface area contributed by atoms with Gasteiger partial charge in [-0.25, -0.2) is 4.98 Å². The lowest BCUT2D eigenvalue weighted by Gasteiger charge is -2.35. The van der Waals surface area contributed by atoms with Crippen molar-refractivity contribution in [2.24, 2.45) is 0 Å². The van der Waals surface area contributed by atoms with Crippen LogP contribution in [0.5, 0.6) is 0 Å². The summed E-state index contributed by atoms with van der Waals surface area (Å²) in [5.41, 5.74) is 2.18. The molecule has 160 valence electrons. The Hall–Kier alpha value is -2.89. The fraction of sp³-hybridized carbons (Fsp3) is 0.280. The number of aromatic nitrogens is 1. The van der Waals surface area contributed by atoms with Gasteiger partial charge in [0.05, 0.1) is 11.1 Å². The smallest absolute Gasteiger partial charge is 0.222 e. The molecule has 3 aromatic rings. The molecule has 0 saturated carbocycles. The summed E-state index contributed by atoms with van der Waals surface area (Å²) in [5, 5.41) is 3.88. The topological polar surface area (TPSA) is 48.5 Å². The van der Waals surface area contributed by atoms with Crippen LogP contribution in [0.15, 0.2) is 79.0 Å². The van der Waals surface area contributed by atoms with E-state index in [1.54, 1.807) is 6.20 Å². The summed E-state index contributed by atoms with van der Waals surface area (Å²) in [5.74, 6) is 1.02. The van der Waals surface area contributed by atoms with Gasteiger partial charge in [0.15, 0.2) is 0 Å². The number of carbonyl (C=O) groups is 1. The first-order valence-electron chi connectivity index (χ1n) is 10.7. The number of anilines is 1. The number of nitrogens with zero attached hydrogens (tertiary/aromatic N) is 3. The molecule has 0 spiro atoms. The van der Waals surface area contributed by atoms with Crippen LogP contribution in [0.1, 0.15) is 23.6 Å². The molecule has 1 aliphatic rings. The van der Waals surface area contributed by atoms with Gasteiger partial charge in [0.25, 0.3) is 0 Å². The molecular weight excluding hydrogens is 408 g/mol. The van der Waals surface area contributed by atoms with Crippen molar-refractivity contribution in [2.45, 2.75) is 12.5 Å². The third kappa shape index (κ3) is 5.84. The Labute approximate surface area is 188 Å². The standard InChI is InChI=1S/C25H27ClN4O/c26-22-11-12-23(27-19-22)30-17-15-29(16-18-30)14-13-24(31)28-25(20-7-3-1-4-8-20)21-9-5-2-6-10-21/h1-12,19,25H,13-18H2,(H,28,31). The normalized spacial score (nSPS) is 14.6. The molecule has 1 aromatic heterocycles. The zero-order chi connectivity index (χ0) is 21.5. The Morgan fingerprint density at radius 2 is 1.52 bits per heavy atom. The van der Waals surface area contributed by atoms with E-state index < -0.39 is 0 Å². The molecule has 0 radical (unpaired) electrons. The lowest BCUT2D eigenvalue weighted by Crippen LogP contribution is -2.47. The average molecular weight is 435 g/mol. The first-order valence-corrected chi connectivity index (χ1v) is 11.0. The summed E-state index contributed by atoms with van der Waals surface area (Å²) < 4.78 is 0. The number of carbonyl (C=O) groups excluding carboxylic acids is 1. The summed E-state index contributed by atoms with van der Waals surface area (Å²) in [7, 11) is 0. The SMILES string of the molecule is O=C(CCN1CCN(c2ccc(Cl)cn2)CC1)NC(c1ccccc1)c1ccccc1. The number of rotatable bonds is 7. The Kier molecular flexibility index (Phi) is 7.18. The maximum Gasteiger partial charge on any atom is 0.222 e. The number of amides is 1. The molecule has 1 saturated heterocycles. The molecule has 6 heteroatoms. The maximum absolute atomic E-state index is 12.8. The molecule has 4 rings (SSSR count). The van der Waals surface area contributed by atoms with E-state index in [1.807, 2.05) is 48.5 Å². The van der Waals surface area contributed by atoms with Gasteiger partial charge in [-0.1, -0.05) is 72.3 Å². The zero-order valence-electron chi connectivity index (χ0n) is 17.5. The monoisotopic (exact) mass is 434 g/mol. The van der Waals surface area contributed by atoms with E-state index in [0.717, 1.165) is 49.7 Å². The van der Waals surface area contributed by atoms with E-state index in [1.165, 1.54) is 0 Å². The molecule has 1 N–H and O–H groups in total. The van der Waals surface area contributed by atoms with Gasteiger partial charge in [0.1, 0.15) is 5.82 Å². The number of hydrogen-bond acceptors (Lipinski definition) is 4. The minimum Gasteiger partial charge on any atom is -0.354 e. The van der Waals surface area contributed by atoms with Crippen LogP contribution < -0.4 is 10.2 Å². The van der Waals surface area contributed by atoms with Crippen molar-refractivity contribution < 1.29 is 4.79 Å². The second-order valence-electron chi connectivity index (χ2n) is 7.74. The molecule has 0 aliphatic carbocycles. The second-order valence-corrected chi connectivity index (χ2v) is 8.17. The van der Waals surface area contributed by atoms with Gasteiger partial charge in [0, 0.05) is 45.3 Å². The number of hydrogen-bond donors (Lipinski definition) is 1. The van der Waals surface area contributed by atoms with Crippen molar-refractivity contribution >= 4 is 23.3 Å². The van der Waals surface area contributed by atoms with E-state index in [2.05, 4.69) is 44.4 Å². The van der Waals surface area contributed by atoms with Crippen molar-refractivity contribution in [2.75, 3.05) is 37.6 Å². The summed E-state index contributed by atoms with van der Waals surface area (Å²) >= 11 is 5.93. The number of halogens is 1. The van der Waals surface area contributed by atoms with Crippen LogP contribution in [0.3, 0.4) is 0 Å². The van der Waals surface area contributed by atoms with Gasteiger partial charge in [0.2, 0.25) is 5.91 Å². The molecule has 0 atom stereocenters. The van der Waals surface area contributed by atoms with Crippen molar-refractivity contribution in [3.8, 4) is 0 Å². The zero-order valence-corrected chi connectivity index (χ0v) is 18.2. The number of piperazine rings is 1. The van der Waals surface area contributed by atoms with E-state index >= 15 is 0 Å². The number of pyridine rings is 1. The fourth-order valence-electron chi connectivity index (χ4n) is 3.90. The molecule has 0 unspecified atom stereocenters. The van der Waals surface area contributed by atoms with Gasteiger partial charge < -0.3 is 10.2 Å². The first kappa shape index (κ1) is 21.3. The molecule has 1 fully saturated rings. The van der Waals surface area contributed by atoms with Gasteiger partial charge in [-0.3, -0.25) is 9.69 Å². The molecule has 1 aliphatic heterocycles. The van der Waals surface area contributed by atoms with Gasteiger partial charge in [-0.15, -0.1) is 0 Å². The van der Waals surface area contributed by atoms with Crippen molar-refractivity contribution in [1.29, 1.82) is 0 Å². The van der Waals surface area contributed by atoms with Gasteiger partial charge >= 0.3 is 0 Å². The molecule has 1 amide bonds. The summed E-state index contributed by atoms with van der Waals surface area (Å²) in [4.78, 5) is 21.8. The molecule has 31 heavy (non-hydrogen) atoms. The molecule has 2 aromatic carbocycles. The Morgan fingerprint density at radius 3 is 2.06 bits per heavy atom. The highest BCUT2D eigenvalue weighted by molar-refractivity contribution is 6.30. The van der Waals surface area contributed by atoms with E-state index in [-0.39, 0.29) is 11.9 Å². The van der Waals surface area contributed by atoms with Crippen molar-refractivity contribution in [3.63, 3.8) is 0 Å². The summed E-state index contributed by atoms with van der Waals surface area (Å²) in [6, 6.07) is 23.9. The summed E-state index contributed by atoms with van der Waals surface area (Å²) in [6.45, 7) is 4.38. The minimum absolute atomic E-state index is 0.0690. The van der Waals surface area contributed by atoms with Crippen LogP contribution in [0, 0.1) is 0 Å². The second kappa shape index (κ2) is 10.4. The number of benzene rings is 2. The molecule has 2 heterocycles. The van der Waals surface area contributed by atoms with Crippen LogP contribution in [0.2, 0.25) is 5.02 Å². The molecule has 0 bridgehead atoms. The molecule has 5 nitrogen and oxygen atoms in total. The van der Waals surface area contributed by atoms with E-state index in [0.29, 0.717) is 11.4 Å². The van der Waals surface area contributed by atoms with E-state index in [4.69, 9.17) is 11.6 Å².